The molecule has 0 radical (unpaired) electrons. The molecule has 0 aliphatic rings. The number of hydrogen-bond donors (Lipinski definition) is 1. The van der Waals surface area contributed by atoms with Crippen LogP contribution in [0, 0.1) is 0 Å². The van der Waals surface area contributed by atoms with Crippen LogP contribution in [0.25, 0.3) is 16.6 Å². The Labute approximate surface area is 159 Å². The highest BCUT2D eigenvalue weighted by molar-refractivity contribution is 6.30. The molecule has 2 aromatic carbocycles. The number of rotatable bonds is 4. The summed E-state index contributed by atoms with van der Waals surface area (Å²) in [6.07, 6.45) is 1.85. The number of para-hydroxylation sites is 1. The molecule has 0 unspecified atom stereocenters. The van der Waals surface area contributed by atoms with E-state index in [4.69, 9.17) is 11.6 Å². The summed E-state index contributed by atoms with van der Waals surface area (Å²) in [5.74, 6) is 1.38. The Hall–Kier alpha value is -3.45. The first-order chi connectivity index (χ1) is 13.3. The molecule has 0 aliphatic heterocycles. The molecule has 0 atom stereocenters. The van der Waals surface area contributed by atoms with Gasteiger partial charge in [0.05, 0.1) is 11.7 Å². The maximum absolute atomic E-state index is 6.05. The maximum Gasteiger partial charge on any atom is 0.178 e. The van der Waals surface area contributed by atoms with E-state index in [2.05, 4.69) is 25.7 Å². The van der Waals surface area contributed by atoms with E-state index in [1.165, 1.54) is 0 Å². The summed E-state index contributed by atoms with van der Waals surface area (Å²) < 4.78 is 3.62. The van der Waals surface area contributed by atoms with E-state index in [1.807, 2.05) is 71.5 Å². The highest BCUT2D eigenvalue weighted by atomic mass is 35.5. The van der Waals surface area contributed by atoms with E-state index in [9.17, 15) is 0 Å². The summed E-state index contributed by atoms with van der Waals surface area (Å²) in [4.78, 5) is 0. The minimum atomic E-state index is 0.475. The summed E-state index contributed by atoms with van der Waals surface area (Å²) in [5.41, 5.74) is 2.59. The fourth-order valence-electron chi connectivity index (χ4n) is 3.00. The van der Waals surface area contributed by atoms with Gasteiger partial charge in [0.25, 0.3) is 0 Å². The Bertz CT molecular complexity index is 1260. The van der Waals surface area contributed by atoms with Gasteiger partial charge in [-0.1, -0.05) is 35.9 Å². The van der Waals surface area contributed by atoms with Gasteiger partial charge in [-0.3, -0.25) is 4.68 Å². The molecule has 0 saturated heterocycles. The average molecular weight is 376 g/mol. The molecule has 0 aliphatic carbocycles. The van der Waals surface area contributed by atoms with Crippen molar-refractivity contribution in [2.75, 3.05) is 5.32 Å². The summed E-state index contributed by atoms with van der Waals surface area (Å²) in [6, 6.07) is 19.3. The second-order valence-electron chi connectivity index (χ2n) is 6.10. The quantitative estimate of drug-likeness (QED) is 0.515. The van der Waals surface area contributed by atoms with Crippen LogP contribution in [0.3, 0.4) is 0 Å². The van der Waals surface area contributed by atoms with Crippen molar-refractivity contribution in [3.63, 3.8) is 0 Å². The van der Waals surface area contributed by atoms with Gasteiger partial charge in [0.1, 0.15) is 6.54 Å². The Kier molecular flexibility index (Phi) is 3.72. The van der Waals surface area contributed by atoms with E-state index >= 15 is 0 Å². The molecule has 3 aromatic heterocycles. The van der Waals surface area contributed by atoms with Crippen molar-refractivity contribution in [3.05, 3.63) is 77.7 Å². The molecule has 27 heavy (non-hydrogen) atoms. The zero-order valence-electron chi connectivity index (χ0n) is 14.1. The summed E-state index contributed by atoms with van der Waals surface area (Å²) in [7, 11) is 0. The number of anilines is 2. The predicted molar refractivity (Wildman–Crippen MR) is 104 cm³/mol. The molecule has 7 nitrogen and oxygen atoms in total. The van der Waals surface area contributed by atoms with Crippen LogP contribution in [0.4, 0.5) is 11.5 Å². The molecule has 3 heterocycles. The van der Waals surface area contributed by atoms with Crippen LogP contribution >= 0.6 is 11.6 Å². The first-order valence-corrected chi connectivity index (χ1v) is 8.78. The lowest BCUT2D eigenvalue weighted by molar-refractivity contribution is 0.655. The monoisotopic (exact) mass is 375 g/mol. The van der Waals surface area contributed by atoms with Crippen molar-refractivity contribution in [3.8, 4) is 0 Å². The fraction of sp³-hybridized carbons (Fsp3) is 0.0526. The van der Waals surface area contributed by atoms with E-state index in [1.54, 1.807) is 4.52 Å². The van der Waals surface area contributed by atoms with Crippen molar-refractivity contribution >= 4 is 39.7 Å². The average Bonchev–Trinajstić information content (AvgIpc) is 3.27. The largest absolute Gasteiger partial charge is 0.339 e. The maximum atomic E-state index is 6.05. The molecule has 0 spiro atoms. The third-order valence-corrected chi connectivity index (χ3v) is 4.50. The third kappa shape index (κ3) is 2.98. The van der Waals surface area contributed by atoms with Crippen molar-refractivity contribution in [2.24, 2.45) is 0 Å². The molecule has 5 aromatic rings. The SMILES string of the molecule is Clc1cccc(Nc2ccc3nnc(Cn4ncc5ccccc54)n3n2)c1. The number of nitrogens with zero attached hydrogens (tertiary/aromatic N) is 6. The van der Waals surface area contributed by atoms with E-state index < -0.39 is 0 Å². The summed E-state index contributed by atoms with van der Waals surface area (Å²) in [5, 5.41) is 22.6. The first-order valence-electron chi connectivity index (χ1n) is 8.41. The predicted octanol–water partition coefficient (Wildman–Crippen LogP) is 3.92. The molecule has 1 N–H and O–H groups in total. The third-order valence-electron chi connectivity index (χ3n) is 4.27. The number of nitrogens with one attached hydrogen (secondary N) is 1. The van der Waals surface area contributed by atoms with Crippen LogP contribution in [0.15, 0.2) is 66.9 Å². The fourth-order valence-corrected chi connectivity index (χ4v) is 3.19. The number of aromatic nitrogens is 6. The lowest BCUT2D eigenvalue weighted by atomic mass is 10.2. The first kappa shape index (κ1) is 15.8. The van der Waals surface area contributed by atoms with E-state index in [0.29, 0.717) is 28.9 Å². The van der Waals surface area contributed by atoms with E-state index in [0.717, 1.165) is 16.6 Å². The van der Waals surface area contributed by atoms with Gasteiger partial charge in [-0.25, -0.2) is 0 Å². The lowest BCUT2D eigenvalue weighted by Crippen LogP contribution is -2.08. The summed E-state index contributed by atoms with van der Waals surface area (Å²) in [6.45, 7) is 0.475. The molecular formula is C19H14ClN7. The van der Waals surface area contributed by atoms with Crippen LogP contribution in [-0.2, 0) is 6.54 Å². The van der Waals surface area contributed by atoms with Crippen LogP contribution < -0.4 is 5.32 Å². The minimum Gasteiger partial charge on any atom is -0.339 e. The van der Waals surface area contributed by atoms with Gasteiger partial charge in [-0.2, -0.15) is 9.61 Å². The number of hydrogen-bond acceptors (Lipinski definition) is 5. The van der Waals surface area contributed by atoms with Crippen LogP contribution in [0.2, 0.25) is 5.02 Å². The molecule has 132 valence electrons. The zero-order valence-corrected chi connectivity index (χ0v) is 14.9. The number of fused-ring (bicyclic) bond motifs is 2. The molecular weight excluding hydrogens is 362 g/mol. The molecule has 0 bridgehead atoms. The van der Waals surface area contributed by atoms with E-state index in [-0.39, 0.29) is 0 Å². The van der Waals surface area contributed by atoms with Gasteiger partial charge in [0.2, 0.25) is 0 Å². The van der Waals surface area contributed by atoms with Crippen LogP contribution in [0.1, 0.15) is 5.82 Å². The molecule has 0 fully saturated rings. The smallest absolute Gasteiger partial charge is 0.178 e. The highest BCUT2D eigenvalue weighted by Crippen LogP contribution is 2.19. The number of benzene rings is 2. The van der Waals surface area contributed by atoms with Gasteiger partial charge in [-0.15, -0.1) is 15.3 Å². The lowest BCUT2D eigenvalue weighted by Gasteiger charge is -2.07. The Morgan fingerprint density at radius 2 is 1.89 bits per heavy atom. The molecule has 0 amide bonds. The van der Waals surface area contributed by atoms with Gasteiger partial charge in [0, 0.05) is 16.1 Å². The van der Waals surface area contributed by atoms with Gasteiger partial charge in [0.15, 0.2) is 17.3 Å². The normalized spacial score (nSPS) is 11.3. The molecule has 5 rings (SSSR count). The Morgan fingerprint density at radius 1 is 0.963 bits per heavy atom. The number of halogens is 1. The van der Waals surface area contributed by atoms with Gasteiger partial charge in [-0.05, 0) is 36.4 Å². The second kappa shape index (κ2) is 6.37. The topological polar surface area (TPSA) is 72.9 Å². The standard InChI is InChI=1S/C19H14ClN7/c20-14-5-3-6-15(10-14)22-17-8-9-18-23-24-19(27(18)25-17)12-26-16-7-2-1-4-13(16)11-21-26/h1-11H,12H2,(H,22,25). The van der Waals surface area contributed by atoms with Crippen molar-refractivity contribution in [1.82, 2.24) is 29.6 Å². The van der Waals surface area contributed by atoms with Crippen LogP contribution in [0.5, 0.6) is 0 Å². The Balaban J connectivity index is 1.50. The minimum absolute atomic E-state index is 0.475. The molecule has 8 heteroatoms. The van der Waals surface area contributed by atoms with Crippen molar-refractivity contribution < 1.29 is 0 Å². The van der Waals surface area contributed by atoms with Crippen molar-refractivity contribution in [1.29, 1.82) is 0 Å². The van der Waals surface area contributed by atoms with Gasteiger partial charge < -0.3 is 5.32 Å². The molecule has 0 saturated carbocycles. The second-order valence-corrected chi connectivity index (χ2v) is 6.54. The zero-order chi connectivity index (χ0) is 18.2. The van der Waals surface area contributed by atoms with Crippen LogP contribution in [-0.4, -0.2) is 29.6 Å². The van der Waals surface area contributed by atoms with Crippen molar-refractivity contribution in [2.45, 2.75) is 6.54 Å². The highest BCUT2D eigenvalue weighted by Gasteiger charge is 2.11. The summed E-state index contributed by atoms with van der Waals surface area (Å²) >= 11 is 6.05. The van der Waals surface area contributed by atoms with Gasteiger partial charge >= 0.3 is 0 Å². The Morgan fingerprint density at radius 3 is 2.81 bits per heavy atom.